The molecule has 7 nitrogen and oxygen atoms in total. The second-order valence-corrected chi connectivity index (χ2v) is 6.91. The van der Waals surface area contributed by atoms with Crippen LogP contribution < -0.4 is 5.32 Å². The summed E-state index contributed by atoms with van der Waals surface area (Å²) < 4.78 is 7.20. The zero-order valence-electron chi connectivity index (χ0n) is 16.2. The molecule has 146 valence electrons. The first kappa shape index (κ1) is 19.9. The second kappa shape index (κ2) is 8.45. The van der Waals surface area contributed by atoms with Crippen LogP contribution >= 0.6 is 0 Å². The molecule has 1 aromatic carbocycles. The topological polar surface area (TPSA) is 108 Å². The van der Waals surface area contributed by atoms with Crippen molar-refractivity contribution in [3.63, 3.8) is 0 Å². The third-order valence-corrected chi connectivity index (χ3v) is 4.69. The largest absolute Gasteiger partial charge is 0.451 e. The summed E-state index contributed by atoms with van der Waals surface area (Å²) in [4.78, 5) is 24.2. The number of nitrogens with zero attached hydrogens (tertiary/aromatic N) is 3. The lowest BCUT2D eigenvalue weighted by molar-refractivity contribution is -0.142. The normalized spacial score (nSPS) is 13.3. The number of carbonyl (C=O) groups is 2. The number of ether oxygens (including phenoxy) is 1. The van der Waals surface area contributed by atoms with Crippen LogP contribution in [0.4, 0.5) is 5.69 Å². The summed E-state index contributed by atoms with van der Waals surface area (Å²) in [6.07, 6.45) is 3.77. The highest BCUT2D eigenvalue weighted by Gasteiger charge is 2.27. The summed E-state index contributed by atoms with van der Waals surface area (Å²) in [5, 5.41) is 20.8. The number of anilines is 1. The number of nitrogens with one attached hydrogen (secondary N) is 1. The molecule has 1 aliphatic rings. The summed E-state index contributed by atoms with van der Waals surface area (Å²) in [5.41, 5.74) is 3.54. The number of carbonyl (C=O) groups excluding carboxylic acids is 2. The van der Waals surface area contributed by atoms with Gasteiger partial charge in [0.15, 0.2) is 6.61 Å². The quantitative estimate of drug-likeness (QED) is 0.463. The van der Waals surface area contributed by atoms with E-state index in [1.165, 1.54) is 12.1 Å². The monoisotopic (exact) mass is 388 g/mol. The highest BCUT2D eigenvalue weighted by atomic mass is 16.5. The number of esters is 1. The fourth-order valence-corrected chi connectivity index (χ4v) is 3.21. The summed E-state index contributed by atoms with van der Waals surface area (Å²) in [6.45, 7) is 3.43. The predicted molar refractivity (Wildman–Crippen MR) is 107 cm³/mol. The number of nitriles is 2. The Bertz CT molecular complexity index is 1080. The lowest BCUT2D eigenvalue weighted by Gasteiger charge is -2.07. The maximum atomic E-state index is 12.2. The van der Waals surface area contributed by atoms with Gasteiger partial charge in [-0.1, -0.05) is 6.07 Å². The molecule has 3 rings (SSSR count). The van der Waals surface area contributed by atoms with Crippen LogP contribution in [0, 0.1) is 36.5 Å². The maximum Gasteiger partial charge on any atom is 0.349 e. The Morgan fingerprint density at radius 3 is 2.69 bits per heavy atom. The SMILES string of the molecule is Cc1cc(/C=C(\C#N)C(=O)OCC(=O)Nc2cccc(C#N)c2)c(C)n1C1CC1. The van der Waals surface area contributed by atoms with Gasteiger partial charge in [0, 0.05) is 23.1 Å². The average molecular weight is 388 g/mol. The molecule has 1 aliphatic carbocycles. The van der Waals surface area contributed by atoms with E-state index in [4.69, 9.17) is 10.00 Å². The van der Waals surface area contributed by atoms with E-state index in [0.717, 1.165) is 29.8 Å². The average Bonchev–Trinajstić information content (AvgIpc) is 3.50. The molecule has 0 radical (unpaired) electrons. The van der Waals surface area contributed by atoms with E-state index in [1.54, 1.807) is 18.2 Å². The summed E-state index contributed by atoms with van der Waals surface area (Å²) >= 11 is 0. The minimum atomic E-state index is -0.857. The Balaban J connectivity index is 1.63. The van der Waals surface area contributed by atoms with E-state index < -0.39 is 18.5 Å². The number of aromatic nitrogens is 1. The molecule has 1 saturated carbocycles. The van der Waals surface area contributed by atoms with Crippen LogP contribution in [0.5, 0.6) is 0 Å². The lowest BCUT2D eigenvalue weighted by atomic mass is 10.1. The molecule has 1 fully saturated rings. The zero-order chi connectivity index (χ0) is 21.0. The summed E-state index contributed by atoms with van der Waals surface area (Å²) in [7, 11) is 0. The van der Waals surface area contributed by atoms with Gasteiger partial charge in [-0.15, -0.1) is 0 Å². The molecule has 0 unspecified atom stereocenters. The third kappa shape index (κ3) is 4.72. The smallest absolute Gasteiger partial charge is 0.349 e. The first-order valence-corrected chi connectivity index (χ1v) is 9.20. The Labute approximate surface area is 168 Å². The third-order valence-electron chi connectivity index (χ3n) is 4.69. The lowest BCUT2D eigenvalue weighted by Crippen LogP contribution is -2.21. The second-order valence-electron chi connectivity index (χ2n) is 6.91. The van der Waals surface area contributed by atoms with Crippen LogP contribution in [0.25, 0.3) is 6.08 Å². The van der Waals surface area contributed by atoms with Gasteiger partial charge in [0.2, 0.25) is 0 Å². The van der Waals surface area contributed by atoms with E-state index in [-0.39, 0.29) is 5.57 Å². The fraction of sp³-hybridized carbons (Fsp3) is 0.273. The number of benzene rings is 1. The maximum absolute atomic E-state index is 12.2. The van der Waals surface area contributed by atoms with Crippen molar-refractivity contribution in [1.29, 1.82) is 10.5 Å². The van der Waals surface area contributed by atoms with Gasteiger partial charge in [0.1, 0.15) is 11.6 Å². The first-order chi connectivity index (χ1) is 13.9. The van der Waals surface area contributed by atoms with Crippen LogP contribution in [-0.2, 0) is 14.3 Å². The van der Waals surface area contributed by atoms with Crippen LogP contribution in [0.3, 0.4) is 0 Å². The van der Waals surface area contributed by atoms with Crippen LogP contribution in [0.15, 0.2) is 35.9 Å². The summed E-state index contributed by atoms with van der Waals surface area (Å²) in [6, 6.07) is 12.6. The molecule has 1 aromatic heterocycles. The first-order valence-electron chi connectivity index (χ1n) is 9.20. The van der Waals surface area contributed by atoms with E-state index in [1.807, 2.05) is 32.1 Å². The van der Waals surface area contributed by atoms with Crippen molar-refractivity contribution in [1.82, 2.24) is 4.57 Å². The van der Waals surface area contributed by atoms with Crippen LogP contribution in [0.2, 0.25) is 0 Å². The number of hydrogen-bond donors (Lipinski definition) is 1. The fourth-order valence-electron chi connectivity index (χ4n) is 3.21. The molecular formula is C22H20N4O3. The molecular weight excluding hydrogens is 368 g/mol. The van der Waals surface area contributed by atoms with E-state index >= 15 is 0 Å². The molecule has 0 spiro atoms. The Kier molecular flexibility index (Phi) is 5.80. The van der Waals surface area contributed by atoms with Crippen molar-refractivity contribution in [2.24, 2.45) is 0 Å². The van der Waals surface area contributed by atoms with Crippen molar-refractivity contribution in [2.45, 2.75) is 32.7 Å². The van der Waals surface area contributed by atoms with Gasteiger partial charge in [-0.3, -0.25) is 4.79 Å². The molecule has 1 amide bonds. The standard InChI is InChI=1S/C22H20N4O3/c1-14-8-17(15(2)26(14)20-6-7-20)10-18(12-24)22(28)29-13-21(27)25-19-5-3-4-16(9-19)11-23/h3-5,8-10,20H,6-7,13H2,1-2H3,(H,25,27)/b18-10+. The van der Waals surface area contributed by atoms with Crippen molar-refractivity contribution in [2.75, 3.05) is 11.9 Å². The minimum Gasteiger partial charge on any atom is -0.451 e. The van der Waals surface area contributed by atoms with Gasteiger partial charge in [-0.25, -0.2) is 4.79 Å². The van der Waals surface area contributed by atoms with Gasteiger partial charge in [0.05, 0.1) is 11.6 Å². The van der Waals surface area contributed by atoms with Crippen molar-refractivity contribution >= 4 is 23.6 Å². The predicted octanol–water partition coefficient (Wildman–Crippen LogP) is 3.40. The molecule has 29 heavy (non-hydrogen) atoms. The van der Waals surface area contributed by atoms with Gasteiger partial charge in [-0.05, 0) is 62.6 Å². The van der Waals surface area contributed by atoms with Gasteiger partial charge in [0.25, 0.3) is 5.91 Å². The molecule has 2 aromatic rings. The van der Waals surface area contributed by atoms with E-state index in [2.05, 4.69) is 9.88 Å². The molecule has 0 bridgehead atoms. The highest BCUT2D eigenvalue weighted by Crippen LogP contribution is 2.38. The van der Waals surface area contributed by atoms with Gasteiger partial charge < -0.3 is 14.6 Å². The van der Waals surface area contributed by atoms with Crippen LogP contribution in [0.1, 0.15) is 41.4 Å². The number of aryl methyl sites for hydroxylation is 1. The van der Waals surface area contributed by atoms with Crippen molar-refractivity contribution in [3.05, 3.63) is 58.4 Å². The molecule has 1 heterocycles. The van der Waals surface area contributed by atoms with Crippen molar-refractivity contribution in [3.8, 4) is 12.1 Å². The van der Waals surface area contributed by atoms with E-state index in [9.17, 15) is 14.9 Å². The van der Waals surface area contributed by atoms with Gasteiger partial charge in [-0.2, -0.15) is 10.5 Å². The Morgan fingerprint density at radius 2 is 2.03 bits per heavy atom. The number of amides is 1. The number of hydrogen-bond acceptors (Lipinski definition) is 5. The Hall–Kier alpha value is -3.84. The highest BCUT2D eigenvalue weighted by molar-refractivity contribution is 6.00. The van der Waals surface area contributed by atoms with Crippen molar-refractivity contribution < 1.29 is 14.3 Å². The Morgan fingerprint density at radius 1 is 1.28 bits per heavy atom. The van der Waals surface area contributed by atoms with E-state index in [0.29, 0.717) is 17.3 Å². The minimum absolute atomic E-state index is 0.166. The molecule has 0 aliphatic heterocycles. The molecule has 1 N–H and O–H groups in total. The van der Waals surface area contributed by atoms with Gasteiger partial charge >= 0.3 is 5.97 Å². The number of rotatable bonds is 6. The molecule has 0 atom stereocenters. The molecule has 0 saturated heterocycles. The summed E-state index contributed by atoms with van der Waals surface area (Å²) in [5.74, 6) is -1.41. The molecule has 7 heteroatoms. The van der Waals surface area contributed by atoms with Crippen LogP contribution in [-0.4, -0.2) is 23.1 Å². The zero-order valence-corrected chi connectivity index (χ0v) is 16.2.